The maximum absolute atomic E-state index is 6.86. The number of benzene rings is 11. The molecule has 0 saturated heterocycles. The third kappa shape index (κ3) is 6.79. The Labute approximate surface area is 418 Å². The van der Waals surface area contributed by atoms with Gasteiger partial charge in [0.25, 0.3) is 0 Å². The van der Waals surface area contributed by atoms with Crippen LogP contribution in [0.15, 0.2) is 282 Å². The summed E-state index contributed by atoms with van der Waals surface area (Å²) in [5.41, 5.74) is 13.9. The van der Waals surface area contributed by atoms with Crippen LogP contribution in [0.2, 0.25) is 0 Å². The zero-order chi connectivity index (χ0) is 47.6. The first-order chi connectivity index (χ1) is 35.7. The van der Waals surface area contributed by atoms with Gasteiger partial charge in [-0.2, -0.15) is 0 Å². The van der Waals surface area contributed by atoms with Gasteiger partial charge in [-0.1, -0.05) is 60.7 Å². The van der Waals surface area contributed by atoms with E-state index in [-0.39, 0.29) is 0 Å². The van der Waals surface area contributed by atoms with Gasteiger partial charge < -0.3 is 8.98 Å². The molecule has 3 heterocycles. The average Bonchev–Trinajstić information content (AvgIpc) is 4.16. The van der Waals surface area contributed by atoms with Crippen LogP contribution in [0.25, 0.3) is 105 Å². The minimum absolute atomic E-state index is 0.842. The molecule has 0 fully saturated rings. The molecule has 340 valence electrons. The molecule has 3 nitrogen and oxygen atoms in total. The summed E-state index contributed by atoms with van der Waals surface area (Å²) in [4.78, 5) is 0. The molecule has 0 N–H and O–H groups in total. The molecule has 0 bridgehead atoms. The van der Waals surface area contributed by atoms with Crippen LogP contribution >= 0.6 is 0 Å². The van der Waals surface area contributed by atoms with E-state index in [2.05, 4.69) is 278 Å². The normalized spacial score (nSPS) is 12.1. The fourth-order valence-electron chi connectivity index (χ4n) is 11.8. The van der Waals surface area contributed by atoms with Gasteiger partial charge in [-0.15, -0.1) is 0 Å². The number of hydrogen-bond acceptors (Lipinski definition) is 2. The minimum Gasteiger partial charge on any atom is -0.455 e. The molecule has 0 atom stereocenters. The molecule has 0 aliphatic heterocycles. The van der Waals surface area contributed by atoms with Gasteiger partial charge in [0.05, 0.1) is 11.0 Å². The van der Waals surface area contributed by atoms with Crippen molar-refractivity contribution in [2.24, 2.45) is 0 Å². The molecule has 4 heteroatoms. The first kappa shape index (κ1) is 41.7. The van der Waals surface area contributed by atoms with Crippen molar-refractivity contribution in [3.05, 3.63) is 273 Å². The molecule has 11 aromatic carbocycles. The van der Waals surface area contributed by atoms with Gasteiger partial charge in [-0.05, 0) is 42.5 Å². The molecule has 0 aliphatic rings. The van der Waals surface area contributed by atoms with Gasteiger partial charge in [0.2, 0.25) is 0 Å². The summed E-state index contributed by atoms with van der Waals surface area (Å²) in [6, 6.07) is 99.4. The van der Waals surface area contributed by atoms with Gasteiger partial charge in [0, 0.05) is 33.0 Å². The van der Waals surface area contributed by atoms with E-state index in [0.717, 1.165) is 72.2 Å². The zero-order valence-corrected chi connectivity index (χ0v) is 40.5. The molecule has 0 spiro atoms. The Balaban J connectivity index is 0.828. The van der Waals surface area contributed by atoms with Crippen molar-refractivity contribution in [3.8, 4) is 50.4 Å². The van der Waals surface area contributed by atoms with Crippen molar-refractivity contribution in [2.45, 2.75) is 0 Å². The maximum Gasteiger partial charge on any atom is 0.142 e. The second-order valence-corrected chi connectivity index (χ2v) is 23.5. The average molecular weight is 937 g/mol. The molecule has 72 heavy (non-hydrogen) atoms. The van der Waals surface area contributed by atoms with E-state index in [4.69, 9.17) is 8.83 Å². The number of rotatable bonds is 9. The second kappa shape index (κ2) is 17.0. The largest absolute Gasteiger partial charge is 0.455 e. The predicted molar refractivity (Wildman–Crippen MR) is 305 cm³/mol. The summed E-state index contributed by atoms with van der Waals surface area (Å²) in [6.45, 7) is 0. The fraction of sp³-hybridized carbons (Fsp3) is 0. The monoisotopic (exact) mass is 936 g/mol. The smallest absolute Gasteiger partial charge is 0.142 e. The summed E-state index contributed by atoms with van der Waals surface area (Å²) < 4.78 is 15.7. The van der Waals surface area contributed by atoms with E-state index >= 15 is 0 Å². The number of para-hydroxylation sites is 3. The quantitative estimate of drug-likeness (QED) is 0.107. The third-order valence-corrected chi connectivity index (χ3v) is 20.6. The van der Waals surface area contributed by atoms with E-state index in [1.165, 1.54) is 53.7 Å². The van der Waals surface area contributed by atoms with E-state index < -0.39 is 8.07 Å². The Hall–Kier alpha value is -9.22. The Bertz CT molecular complexity index is 4230. The molecular weight excluding hydrogens is 891 g/mol. The molecule has 3 aromatic heterocycles. The summed E-state index contributed by atoms with van der Waals surface area (Å²) in [5.74, 6) is 0.842. The molecule has 0 aliphatic carbocycles. The predicted octanol–water partition coefficient (Wildman–Crippen LogP) is 15.2. The standard InChI is InChI=1S/C68H46NO2Si/c1-5-22-53(23-6-1)69-63-33-14-13-31-59(63)60-44-51(34-37-64(60)69)67-45-52-21-17-32-58(68(52)71-67)50-36-39-66-62(43-50)61-42-49(35-38-65(61)70-66)47-19-15-18-46(40-47)48-20-16-30-57(41-48)72(54-24-7-2-8-25-54,55-26-9-3-10-27-55)56-28-11-4-12-29-56/h1-45,72H/q-1. The fourth-order valence-corrected chi connectivity index (χ4v) is 17.3. The van der Waals surface area contributed by atoms with Crippen molar-refractivity contribution in [3.63, 3.8) is 0 Å². The zero-order valence-electron chi connectivity index (χ0n) is 39.3. The minimum atomic E-state index is -3.13. The van der Waals surface area contributed by atoms with Crippen LogP contribution in [0.1, 0.15) is 0 Å². The summed E-state index contributed by atoms with van der Waals surface area (Å²) in [5, 5.41) is 11.2. The van der Waals surface area contributed by atoms with Crippen molar-refractivity contribution in [2.75, 3.05) is 0 Å². The van der Waals surface area contributed by atoms with E-state index in [1.807, 2.05) is 0 Å². The van der Waals surface area contributed by atoms with Crippen LogP contribution < -0.4 is 20.7 Å². The summed E-state index contributed by atoms with van der Waals surface area (Å²) >= 11 is 0. The Morgan fingerprint density at radius 1 is 0.292 bits per heavy atom. The van der Waals surface area contributed by atoms with Crippen molar-refractivity contribution >= 4 is 83.5 Å². The molecule has 0 radical (unpaired) electrons. The Morgan fingerprint density at radius 2 is 0.792 bits per heavy atom. The first-order valence-corrected chi connectivity index (χ1v) is 27.1. The first-order valence-electron chi connectivity index (χ1n) is 24.8. The van der Waals surface area contributed by atoms with Gasteiger partial charge in [-0.3, -0.25) is 0 Å². The number of aromatic nitrogens is 1. The van der Waals surface area contributed by atoms with E-state index in [0.29, 0.717) is 0 Å². The Morgan fingerprint density at radius 3 is 1.47 bits per heavy atom. The maximum atomic E-state index is 6.86. The van der Waals surface area contributed by atoms with Crippen molar-refractivity contribution in [1.29, 1.82) is 0 Å². The van der Waals surface area contributed by atoms with Gasteiger partial charge in [0.15, 0.2) is 0 Å². The number of hydrogen-bond donors (Lipinski definition) is 0. The van der Waals surface area contributed by atoms with Gasteiger partial charge >= 0.3 is 253 Å². The molecule has 0 unspecified atom stereocenters. The topological polar surface area (TPSA) is 31.2 Å². The number of nitrogens with zero attached hydrogens (tertiary/aromatic N) is 1. The van der Waals surface area contributed by atoms with E-state index in [1.54, 1.807) is 0 Å². The van der Waals surface area contributed by atoms with Crippen LogP contribution in [0.3, 0.4) is 0 Å². The van der Waals surface area contributed by atoms with E-state index in [9.17, 15) is 0 Å². The van der Waals surface area contributed by atoms with Crippen LogP contribution in [-0.2, 0) is 0 Å². The van der Waals surface area contributed by atoms with Crippen LogP contribution in [0.4, 0.5) is 0 Å². The van der Waals surface area contributed by atoms with Crippen LogP contribution in [-0.4, -0.2) is 12.6 Å². The summed E-state index contributed by atoms with van der Waals surface area (Å²) in [7, 11) is -3.13. The van der Waals surface area contributed by atoms with Gasteiger partial charge in [-0.25, -0.2) is 0 Å². The number of furan rings is 2. The molecule has 14 rings (SSSR count). The van der Waals surface area contributed by atoms with Gasteiger partial charge in [0.1, 0.15) is 11.3 Å². The summed E-state index contributed by atoms with van der Waals surface area (Å²) in [6.07, 6.45) is 0. The van der Waals surface area contributed by atoms with Crippen molar-refractivity contribution in [1.82, 2.24) is 4.57 Å². The molecule has 0 saturated carbocycles. The van der Waals surface area contributed by atoms with Crippen molar-refractivity contribution < 1.29 is 8.83 Å². The molecule has 14 aromatic rings. The molecular formula is C68H46NO2Si-. The van der Waals surface area contributed by atoms with Crippen LogP contribution in [0, 0.1) is 0 Å². The Kier molecular flexibility index (Phi) is 9.87. The number of fused-ring (bicyclic) bond motifs is 7. The third-order valence-electron chi connectivity index (χ3n) is 15.1. The molecule has 0 amide bonds. The van der Waals surface area contributed by atoms with Crippen LogP contribution in [0.5, 0.6) is 0 Å². The SMILES string of the molecule is c1ccc(-n2c3ccccc3c3cc(-c4cc5cccc(-c6ccc7oc8ccc(-c9cccc(-c%10cccc([SiH-](c%11ccccc%11)(c%11ccccc%11)c%11ccccc%11)c%10)c9)cc8c7c6)c5o4)ccc32)cc1. The second-order valence-electron chi connectivity index (χ2n) is 19.1.